The number of methoxy groups -OCH3 is 1. The summed E-state index contributed by atoms with van der Waals surface area (Å²) in [6.07, 6.45) is 3.52. The van der Waals surface area contributed by atoms with Gasteiger partial charge in [0.05, 0.1) is 13.7 Å². The van der Waals surface area contributed by atoms with Gasteiger partial charge in [0.15, 0.2) is 0 Å². The van der Waals surface area contributed by atoms with E-state index in [4.69, 9.17) is 17.7 Å². The monoisotopic (exact) mass is 356 g/mol. The summed E-state index contributed by atoms with van der Waals surface area (Å²) in [5.74, 6) is 0.857. The molecule has 132 valence electrons. The van der Waals surface area contributed by atoms with Crippen molar-refractivity contribution < 1.29 is 17.7 Å². The molecule has 0 unspecified atom stereocenters. The second-order valence-electron chi connectivity index (χ2n) is 6.59. The van der Waals surface area contributed by atoms with E-state index in [0.717, 1.165) is 24.3 Å². The fourth-order valence-electron chi connectivity index (χ4n) is 2.30. The molecule has 0 bridgehead atoms. The molecule has 0 radical (unpaired) electrons. The molecular weight excluding hydrogens is 324 g/mol. The van der Waals surface area contributed by atoms with Crippen molar-refractivity contribution in [2.45, 2.75) is 59.0 Å². The van der Waals surface area contributed by atoms with Crippen molar-refractivity contribution >= 4 is 17.1 Å². The third kappa shape index (κ3) is 8.67. The standard InChI is InChI=1S/C17H32O4Si2/c1-7-8-9-14-19-22(3,4)21-23(5,6)20-15-16-10-12-17(18-2)13-11-16/h10-13H,7-9,14-15H2,1-6H3. The SMILES string of the molecule is CCCCCO[Si](C)(C)O[Si](C)(C)OCc1ccc(OC)cc1. The summed E-state index contributed by atoms with van der Waals surface area (Å²) in [5, 5.41) is 0. The minimum atomic E-state index is -2.21. The highest BCUT2D eigenvalue weighted by Gasteiger charge is 2.36. The van der Waals surface area contributed by atoms with Crippen molar-refractivity contribution in [3.63, 3.8) is 0 Å². The summed E-state index contributed by atoms with van der Waals surface area (Å²) in [7, 11) is -2.66. The molecule has 0 aliphatic carbocycles. The second kappa shape index (κ2) is 9.59. The quantitative estimate of drug-likeness (QED) is 0.420. The normalized spacial score (nSPS) is 12.4. The zero-order valence-corrected chi connectivity index (χ0v) is 17.5. The van der Waals surface area contributed by atoms with E-state index in [1.165, 1.54) is 12.8 Å². The van der Waals surface area contributed by atoms with E-state index >= 15 is 0 Å². The zero-order valence-electron chi connectivity index (χ0n) is 15.5. The van der Waals surface area contributed by atoms with Gasteiger partial charge in [-0.2, -0.15) is 0 Å². The average Bonchev–Trinajstić information content (AvgIpc) is 2.49. The van der Waals surface area contributed by atoms with Crippen molar-refractivity contribution in [3.05, 3.63) is 29.8 Å². The minimum Gasteiger partial charge on any atom is -0.497 e. The lowest BCUT2D eigenvalue weighted by Crippen LogP contribution is -2.48. The maximum atomic E-state index is 6.28. The van der Waals surface area contributed by atoms with Crippen molar-refractivity contribution in [3.8, 4) is 5.75 Å². The number of benzene rings is 1. The van der Waals surface area contributed by atoms with Crippen LogP contribution in [0, 0.1) is 0 Å². The van der Waals surface area contributed by atoms with Crippen LogP contribution in [0.5, 0.6) is 5.75 Å². The number of ether oxygens (including phenoxy) is 1. The predicted molar refractivity (Wildman–Crippen MR) is 99.3 cm³/mol. The van der Waals surface area contributed by atoms with Crippen LogP contribution < -0.4 is 4.74 Å². The van der Waals surface area contributed by atoms with Gasteiger partial charge in [-0.15, -0.1) is 0 Å². The Kier molecular flexibility index (Phi) is 8.49. The molecule has 0 atom stereocenters. The van der Waals surface area contributed by atoms with Gasteiger partial charge in [0.25, 0.3) is 0 Å². The molecule has 0 fully saturated rings. The summed E-state index contributed by atoms with van der Waals surface area (Å²) >= 11 is 0. The van der Waals surface area contributed by atoms with Gasteiger partial charge in [-0.1, -0.05) is 31.9 Å². The van der Waals surface area contributed by atoms with Crippen LogP contribution in [0.1, 0.15) is 31.7 Å². The highest BCUT2D eigenvalue weighted by molar-refractivity contribution is 6.78. The first-order valence-electron chi connectivity index (χ1n) is 8.39. The molecule has 1 aromatic carbocycles. The Bertz CT molecular complexity index is 446. The first kappa shape index (κ1) is 20.4. The fourth-order valence-corrected chi connectivity index (χ4v) is 8.66. The zero-order chi connectivity index (χ0) is 17.3. The Morgan fingerprint density at radius 1 is 0.870 bits per heavy atom. The predicted octanol–water partition coefficient (Wildman–Crippen LogP) is 4.84. The maximum Gasteiger partial charge on any atom is 0.323 e. The van der Waals surface area contributed by atoms with Crippen LogP contribution in [-0.2, 0) is 19.6 Å². The molecule has 6 heteroatoms. The Labute approximate surface area is 143 Å². The third-order valence-corrected chi connectivity index (χ3v) is 9.11. The number of unbranched alkanes of at least 4 members (excludes halogenated alkanes) is 2. The van der Waals surface area contributed by atoms with Crippen molar-refractivity contribution in [1.82, 2.24) is 0 Å². The Morgan fingerprint density at radius 3 is 2.04 bits per heavy atom. The molecule has 0 saturated carbocycles. The lowest BCUT2D eigenvalue weighted by Gasteiger charge is -2.32. The van der Waals surface area contributed by atoms with E-state index < -0.39 is 17.1 Å². The van der Waals surface area contributed by atoms with E-state index in [9.17, 15) is 0 Å². The Hall–Kier alpha value is -0.666. The molecule has 0 spiro atoms. The van der Waals surface area contributed by atoms with Gasteiger partial charge in [0.2, 0.25) is 0 Å². The van der Waals surface area contributed by atoms with Crippen molar-refractivity contribution in [2.75, 3.05) is 13.7 Å². The Balaban J connectivity index is 2.43. The van der Waals surface area contributed by atoms with Crippen molar-refractivity contribution in [2.24, 2.45) is 0 Å². The summed E-state index contributed by atoms with van der Waals surface area (Å²) in [4.78, 5) is 0. The summed E-state index contributed by atoms with van der Waals surface area (Å²) in [5.41, 5.74) is 1.12. The Morgan fingerprint density at radius 2 is 1.48 bits per heavy atom. The molecule has 0 amide bonds. The van der Waals surface area contributed by atoms with Crippen molar-refractivity contribution in [1.29, 1.82) is 0 Å². The van der Waals surface area contributed by atoms with Gasteiger partial charge in [0, 0.05) is 6.61 Å². The first-order chi connectivity index (χ1) is 10.8. The summed E-state index contributed by atoms with van der Waals surface area (Å²) < 4.78 is 23.5. The van der Waals surface area contributed by atoms with Gasteiger partial charge < -0.3 is 17.7 Å². The highest BCUT2D eigenvalue weighted by Crippen LogP contribution is 2.20. The molecular formula is C17H32O4Si2. The van der Waals surface area contributed by atoms with Crippen LogP contribution in [0.3, 0.4) is 0 Å². The smallest absolute Gasteiger partial charge is 0.323 e. The van der Waals surface area contributed by atoms with Crippen LogP contribution in [0.15, 0.2) is 24.3 Å². The molecule has 1 aromatic rings. The van der Waals surface area contributed by atoms with Gasteiger partial charge >= 0.3 is 17.1 Å². The fraction of sp³-hybridized carbons (Fsp3) is 0.647. The van der Waals surface area contributed by atoms with E-state index in [1.54, 1.807) is 7.11 Å². The highest BCUT2D eigenvalue weighted by atomic mass is 28.5. The van der Waals surface area contributed by atoms with Crippen LogP contribution in [-0.4, -0.2) is 30.8 Å². The maximum absolute atomic E-state index is 6.28. The third-order valence-electron chi connectivity index (χ3n) is 3.43. The summed E-state index contributed by atoms with van der Waals surface area (Å²) in [6, 6.07) is 7.94. The van der Waals surface area contributed by atoms with E-state index in [0.29, 0.717) is 6.61 Å². The van der Waals surface area contributed by atoms with Gasteiger partial charge in [-0.25, -0.2) is 0 Å². The van der Waals surface area contributed by atoms with E-state index in [1.807, 2.05) is 24.3 Å². The molecule has 0 aromatic heterocycles. The summed E-state index contributed by atoms with van der Waals surface area (Å²) in [6.45, 7) is 11.9. The molecule has 4 nitrogen and oxygen atoms in total. The van der Waals surface area contributed by atoms with Gasteiger partial charge in [-0.05, 0) is 50.3 Å². The van der Waals surface area contributed by atoms with Crippen LogP contribution >= 0.6 is 0 Å². The van der Waals surface area contributed by atoms with E-state index in [-0.39, 0.29) is 0 Å². The lowest BCUT2D eigenvalue weighted by atomic mass is 10.2. The molecule has 0 saturated heterocycles. The molecule has 0 aliphatic rings. The van der Waals surface area contributed by atoms with Gasteiger partial charge in [0.1, 0.15) is 5.75 Å². The molecule has 23 heavy (non-hydrogen) atoms. The van der Waals surface area contributed by atoms with Gasteiger partial charge in [-0.3, -0.25) is 0 Å². The molecule has 0 N–H and O–H groups in total. The largest absolute Gasteiger partial charge is 0.497 e. The number of hydrogen-bond donors (Lipinski definition) is 0. The number of rotatable bonds is 11. The van der Waals surface area contributed by atoms with Crippen LogP contribution in [0.4, 0.5) is 0 Å². The second-order valence-corrected chi connectivity index (χ2v) is 13.6. The average molecular weight is 357 g/mol. The first-order valence-corrected chi connectivity index (χ1v) is 14.0. The van der Waals surface area contributed by atoms with Crippen LogP contribution in [0.2, 0.25) is 26.2 Å². The topological polar surface area (TPSA) is 36.9 Å². The lowest BCUT2D eigenvalue weighted by molar-refractivity contribution is 0.187. The molecule has 0 aliphatic heterocycles. The van der Waals surface area contributed by atoms with E-state index in [2.05, 4.69) is 33.1 Å². The molecule has 0 heterocycles. The van der Waals surface area contributed by atoms with Crippen LogP contribution in [0.25, 0.3) is 0 Å². The minimum absolute atomic E-state index is 0.559. The molecule has 1 rings (SSSR count). The number of hydrogen-bond acceptors (Lipinski definition) is 4.